The van der Waals surface area contributed by atoms with Crippen LogP contribution in [0.3, 0.4) is 0 Å². The highest BCUT2D eigenvalue weighted by atomic mass is 32.2. The summed E-state index contributed by atoms with van der Waals surface area (Å²) < 4.78 is 28.6. The lowest BCUT2D eigenvalue weighted by molar-refractivity contribution is -0.141. The lowest BCUT2D eigenvalue weighted by atomic mass is 9.98. The predicted molar refractivity (Wildman–Crippen MR) is 48.2 cm³/mol. The molecule has 0 aromatic carbocycles. The molecule has 0 bridgehead atoms. The zero-order valence-electron chi connectivity index (χ0n) is 7.10. The van der Waals surface area contributed by atoms with Crippen molar-refractivity contribution in [2.45, 2.75) is 20.8 Å². The number of rotatable bonds is 0. The first-order valence-corrected chi connectivity index (χ1v) is 4.56. The van der Waals surface area contributed by atoms with E-state index in [1.54, 1.807) is 20.8 Å². The molecule has 0 heterocycles. The first kappa shape index (κ1) is 14.3. The van der Waals surface area contributed by atoms with Crippen molar-refractivity contribution in [3.63, 3.8) is 0 Å². The van der Waals surface area contributed by atoms with Gasteiger partial charge < -0.3 is 4.52 Å². The molecule has 0 radical (unpaired) electrons. The topological polar surface area (TPSA) is 80.7 Å². The summed E-state index contributed by atoms with van der Waals surface area (Å²) in [6.45, 7) is 5.41. The Hall–Kier alpha value is -0.190. The summed E-state index contributed by atoms with van der Waals surface area (Å²) in [5.41, 5.74) is -0.373. The lowest BCUT2D eigenvalue weighted by Crippen LogP contribution is -2.19. The molecule has 0 fully saturated rings. The molecule has 0 aromatic heterocycles. The minimum atomic E-state index is -3.12. The summed E-state index contributed by atoms with van der Waals surface area (Å²) >= 11 is 0. The van der Waals surface area contributed by atoms with E-state index in [1.807, 2.05) is 9.47 Å². The fraction of sp³-hybridized carbons (Fsp3) is 0.800. The van der Waals surface area contributed by atoms with E-state index < -0.39 is 11.0 Å². The van der Waals surface area contributed by atoms with Gasteiger partial charge in [-0.15, -0.1) is 0 Å². The molecule has 0 spiro atoms. The van der Waals surface area contributed by atoms with Crippen LogP contribution in [-0.2, 0) is 20.3 Å². The van der Waals surface area contributed by atoms with E-state index in [0.29, 0.717) is 0 Å². The smallest absolute Gasteiger partial charge is 0.313 e. The fourth-order valence-electron chi connectivity index (χ4n) is 0.177. The molecule has 0 rings (SSSR count). The quantitative estimate of drug-likeness (QED) is 0.349. The molecule has 0 aliphatic rings. The zero-order chi connectivity index (χ0) is 10.4. The van der Waals surface area contributed by atoms with E-state index in [-0.39, 0.29) is 11.4 Å². The van der Waals surface area contributed by atoms with E-state index >= 15 is 0 Å². The van der Waals surface area contributed by atoms with Crippen molar-refractivity contribution in [3.8, 4) is 0 Å². The maximum absolute atomic E-state index is 10.6. The summed E-state index contributed by atoms with van der Waals surface area (Å²) in [6, 6.07) is 0. The van der Waals surface area contributed by atoms with Gasteiger partial charge in [0.2, 0.25) is 0 Å². The molecular formula is C5H13O5PS. The third-order valence-corrected chi connectivity index (χ3v) is 0.933. The van der Waals surface area contributed by atoms with Gasteiger partial charge in [0.15, 0.2) is 0 Å². The van der Waals surface area contributed by atoms with Gasteiger partial charge >= 0.3 is 5.97 Å². The van der Waals surface area contributed by atoms with Gasteiger partial charge in [0.1, 0.15) is 0 Å². The molecule has 0 saturated heterocycles. The van der Waals surface area contributed by atoms with E-state index in [0.717, 1.165) is 0 Å². The molecule has 7 heteroatoms. The second-order valence-corrected chi connectivity index (χ2v) is 3.60. The van der Waals surface area contributed by atoms with Crippen molar-refractivity contribution in [2.24, 2.45) is 5.41 Å². The molecule has 0 aliphatic carbocycles. The maximum Gasteiger partial charge on any atom is 0.313 e. The van der Waals surface area contributed by atoms with Gasteiger partial charge in [-0.1, -0.05) is 0 Å². The maximum atomic E-state index is 10.6. The number of hydrogen-bond donors (Lipinski definition) is 2. The Bertz CT molecular complexity index is 196. The Labute approximate surface area is 75.6 Å². The van der Waals surface area contributed by atoms with Crippen LogP contribution in [0, 0.1) is 5.41 Å². The number of carbonyl (C=O) groups is 1. The summed E-state index contributed by atoms with van der Waals surface area (Å²) in [6.07, 6.45) is 0. The van der Waals surface area contributed by atoms with Gasteiger partial charge in [0.05, 0.1) is 14.9 Å². The average Bonchev–Trinajstić information content (AvgIpc) is 1.82. The van der Waals surface area contributed by atoms with Gasteiger partial charge in [-0.2, -0.15) is 0 Å². The van der Waals surface area contributed by atoms with E-state index in [1.165, 1.54) is 0 Å². The SMILES string of the molecule is CC(C)(C)C(=O)OP.O=[SH](=O)O. The Morgan fingerprint density at radius 3 is 1.67 bits per heavy atom. The molecule has 0 saturated carbocycles. The van der Waals surface area contributed by atoms with E-state index in [9.17, 15) is 4.79 Å². The van der Waals surface area contributed by atoms with Crippen molar-refractivity contribution in [2.75, 3.05) is 0 Å². The Morgan fingerprint density at radius 1 is 1.42 bits per heavy atom. The van der Waals surface area contributed by atoms with Gasteiger partial charge in [-0.3, -0.25) is 9.35 Å². The van der Waals surface area contributed by atoms with Crippen LogP contribution in [0.5, 0.6) is 0 Å². The summed E-state index contributed by atoms with van der Waals surface area (Å²) in [4.78, 5) is 10.6. The predicted octanol–water partition coefficient (Wildman–Crippen LogP) is 0.437. The van der Waals surface area contributed by atoms with Gasteiger partial charge in [0.25, 0.3) is 11.0 Å². The summed E-state index contributed by atoms with van der Waals surface area (Å²) in [5.74, 6) is -0.206. The van der Waals surface area contributed by atoms with Gasteiger partial charge in [-0.05, 0) is 20.8 Å². The van der Waals surface area contributed by atoms with Crippen molar-refractivity contribution in [1.29, 1.82) is 0 Å². The van der Waals surface area contributed by atoms with Crippen LogP contribution in [0.25, 0.3) is 0 Å². The highest BCUT2D eigenvalue weighted by Crippen LogP contribution is 2.16. The summed E-state index contributed by atoms with van der Waals surface area (Å²) in [7, 11) is -1.19. The Kier molecular flexibility index (Phi) is 7.58. The highest BCUT2D eigenvalue weighted by Gasteiger charge is 2.21. The first-order valence-electron chi connectivity index (χ1n) is 2.96. The van der Waals surface area contributed by atoms with Crippen LogP contribution in [0.1, 0.15) is 20.8 Å². The van der Waals surface area contributed by atoms with Crippen molar-refractivity contribution in [1.82, 2.24) is 0 Å². The number of hydrogen-bond acceptors (Lipinski definition) is 4. The van der Waals surface area contributed by atoms with Crippen molar-refractivity contribution >= 4 is 26.4 Å². The molecule has 74 valence electrons. The lowest BCUT2D eigenvalue weighted by Gasteiger charge is -2.12. The average molecular weight is 216 g/mol. The van der Waals surface area contributed by atoms with Crippen LogP contribution in [0.15, 0.2) is 0 Å². The normalized spacial score (nSPS) is 10.2. The van der Waals surface area contributed by atoms with Crippen LogP contribution < -0.4 is 0 Å². The van der Waals surface area contributed by atoms with Crippen molar-refractivity contribution < 1.29 is 22.3 Å². The minimum Gasteiger partial charge on any atom is -0.451 e. The third kappa shape index (κ3) is 12.5. The fourth-order valence-corrected chi connectivity index (χ4v) is 0.530. The Morgan fingerprint density at radius 2 is 1.67 bits per heavy atom. The monoisotopic (exact) mass is 216 g/mol. The van der Waals surface area contributed by atoms with Crippen molar-refractivity contribution in [3.05, 3.63) is 0 Å². The van der Waals surface area contributed by atoms with E-state index in [2.05, 4.69) is 4.52 Å². The highest BCUT2D eigenvalue weighted by molar-refractivity contribution is 7.66. The van der Waals surface area contributed by atoms with Gasteiger partial charge in [0, 0.05) is 0 Å². The van der Waals surface area contributed by atoms with E-state index in [4.69, 9.17) is 13.0 Å². The van der Waals surface area contributed by atoms with Crippen LogP contribution >= 0.6 is 9.47 Å². The van der Waals surface area contributed by atoms with Gasteiger partial charge in [-0.25, -0.2) is 8.42 Å². The molecule has 5 nitrogen and oxygen atoms in total. The first-order chi connectivity index (χ1) is 5.21. The number of thiol groups is 1. The molecule has 0 aromatic rings. The van der Waals surface area contributed by atoms with Crippen LogP contribution in [0.4, 0.5) is 0 Å². The summed E-state index contributed by atoms with van der Waals surface area (Å²) in [5, 5.41) is 0. The second kappa shape index (κ2) is 6.34. The van der Waals surface area contributed by atoms with Crippen LogP contribution in [-0.4, -0.2) is 18.9 Å². The largest absolute Gasteiger partial charge is 0.451 e. The standard InChI is InChI=1S/C5H11O2P.H2O3S/c1-5(2,3)4(6)7-8;1-4(2)3/h8H2,1-3H3;4H,(H,1,2,3). The molecule has 12 heavy (non-hydrogen) atoms. The minimum absolute atomic E-state index is 0.206. The molecule has 0 aliphatic heterocycles. The molecular weight excluding hydrogens is 203 g/mol. The molecule has 1 atom stereocenters. The molecule has 1 N–H and O–H groups in total. The third-order valence-electron chi connectivity index (χ3n) is 0.719. The Balaban J connectivity index is 0. The second-order valence-electron chi connectivity index (χ2n) is 2.89. The molecule has 0 amide bonds. The molecule has 1 unspecified atom stereocenters. The van der Waals surface area contributed by atoms with Crippen LogP contribution in [0.2, 0.25) is 0 Å². The number of carbonyl (C=O) groups excluding carboxylic acids is 1. The zero-order valence-corrected chi connectivity index (χ0v) is 9.15.